The third-order valence-corrected chi connectivity index (χ3v) is 8.20. The van der Waals surface area contributed by atoms with Crippen LogP contribution >= 0.6 is 0 Å². The molecule has 0 spiro atoms. The van der Waals surface area contributed by atoms with E-state index >= 15 is 0 Å². The maximum atomic E-state index is 11.8. The van der Waals surface area contributed by atoms with Crippen LogP contribution in [-0.2, 0) is 14.0 Å². The molecule has 0 saturated carbocycles. The molecular weight excluding hydrogens is 286 g/mol. The molecule has 1 amide bonds. The van der Waals surface area contributed by atoms with E-state index in [0.29, 0.717) is 6.29 Å². The first-order chi connectivity index (χ1) is 9.19. The lowest BCUT2D eigenvalue weighted by Gasteiger charge is -2.39. The highest BCUT2D eigenvalue weighted by molar-refractivity contribution is 6.74. The number of carbonyl (C=O) groups is 2. The molecule has 0 aliphatic rings. The van der Waals surface area contributed by atoms with Crippen LogP contribution in [0.5, 0.6) is 0 Å². The van der Waals surface area contributed by atoms with Gasteiger partial charge >= 0.3 is 6.09 Å². The Balaban J connectivity index is 4.75. The van der Waals surface area contributed by atoms with Crippen molar-refractivity contribution in [1.82, 2.24) is 5.32 Å². The molecule has 0 heterocycles. The Kier molecular flexibility index (Phi) is 6.63. The number of nitrogens with one attached hydrogen (secondary N) is 1. The summed E-state index contributed by atoms with van der Waals surface area (Å²) in [5.74, 6) is 0. The van der Waals surface area contributed by atoms with E-state index in [1.165, 1.54) is 0 Å². The van der Waals surface area contributed by atoms with Crippen LogP contribution in [0.25, 0.3) is 0 Å². The van der Waals surface area contributed by atoms with Crippen LogP contribution in [-0.4, -0.2) is 38.4 Å². The fraction of sp³-hybridized carbons (Fsp3) is 0.867. The van der Waals surface area contributed by atoms with E-state index in [9.17, 15) is 9.59 Å². The van der Waals surface area contributed by atoms with Gasteiger partial charge in [-0.1, -0.05) is 20.8 Å². The van der Waals surface area contributed by atoms with Gasteiger partial charge in [-0.3, -0.25) is 0 Å². The summed E-state index contributed by atoms with van der Waals surface area (Å²) in [7, 11) is -2.00. The van der Waals surface area contributed by atoms with Crippen molar-refractivity contribution in [1.29, 1.82) is 0 Å². The monoisotopic (exact) mass is 317 g/mol. The molecular formula is C15H31NO4Si. The van der Waals surface area contributed by atoms with Crippen LogP contribution < -0.4 is 5.32 Å². The smallest absolute Gasteiger partial charge is 0.408 e. The average Bonchev–Trinajstić information content (AvgIpc) is 2.20. The molecule has 0 fully saturated rings. The second-order valence-electron chi connectivity index (χ2n) is 7.89. The number of ether oxygens (including phenoxy) is 1. The zero-order valence-electron chi connectivity index (χ0n) is 14.9. The van der Waals surface area contributed by atoms with Crippen LogP contribution in [0.2, 0.25) is 18.1 Å². The summed E-state index contributed by atoms with van der Waals surface area (Å²) in [5, 5.41) is 2.61. The third-order valence-electron chi connectivity index (χ3n) is 3.62. The van der Waals surface area contributed by atoms with Gasteiger partial charge in [0.15, 0.2) is 8.32 Å². The third kappa shape index (κ3) is 7.08. The molecule has 1 N–H and O–H groups in total. The van der Waals surface area contributed by atoms with Crippen molar-refractivity contribution in [2.75, 3.05) is 0 Å². The van der Waals surface area contributed by atoms with Crippen LogP contribution in [0, 0.1) is 0 Å². The number of aldehydes is 1. The highest BCUT2D eigenvalue weighted by Crippen LogP contribution is 2.37. The van der Waals surface area contributed by atoms with Crippen molar-refractivity contribution in [3.05, 3.63) is 0 Å². The molecule has 0 aromatic heterocycles. The fourth-order valence-electron chi connectivity index (χ4n) is 1.42. The first-order valence-electron chi connectivity index (χ1n) is 7.32. The minimum atomic E-state index is -2.00. The molecule has 0 bridgehead atoms. The highest BCUT2D eigenvalue weighted by atomic mass is 28.4. The molecule has 5 nitrogen and oxygen atoms in total. The molecule has 0 saturated heterocycles. The van der Waals surface area contributed by atoms with E-state index in [1.54, 1.807) is 27.7 Å². The van der Waals surface area contributed by atoms with Crippen molar-refractivity contribution in [2.45, 2.75) is 84.3 Å². The lowest BCUT2D eigenvalue weighted by molar-refractivity contribution is -0.111. The average molecular weight is 318 g/mol. The topological polar surface area (TPSA) is 64.6 Å². The van der Waals surface area contributed by atoms with Gasteiger partial charge in [0, 0.05) is 0 Å². The van der Waals surface area contributed by atoms with Crippen LogP contribution in [0.3, 0.4) is 0 Å². The molecule has 0 rings (SSSR count). The van der Waals surface area contributed by atoms with Gasteiger partial charge in [-0.2, -0.15) is 0 Å². The van der Waals surface area contributed by atoms with Crippen molar-refractivity contribution >= 4 is 20.7 Å². The number of carbonyl (C=O) groups excluding carboxylic acids is 2. The molecule has 0 aliphatic carbocycles. The first kappa shape index (κ1) is 20.1. The molecule has 6 heteroatoms. The summed E-state index contributed by atoms with van der Waals surface area (Å²) in [4.78, 5) is 23.0. The van der Waals surface area contributed by atoms with Crippen molar-refractivity contribution in [3.63, 3.8) is 0 Å². The lowest BCUT2D eigenvalue weighted by atomic mass is 10.2. The maximum absolute atomic E-state index is 11.8. The van der Waals surface area contributed by atoms with Gasteiger partial charge in [-0.25, -0.2) is 4.79 Å². The van der Waals surface area contributed by atoms with E-state index in [0.717, 1.165) is 0 Å². The zero-order valence-corrected chi connectivity index (χ0v) is 15.9. The molecule has 21 heavy (non-hydrogen) atoms. The predicted molar refractivity (Wildman–Crippen MR) is 87.0 cm³/mol. The Bertz CT molecular complexity index is 369. The minimum absolute atomic E-state index is 0.0423. The quantitative estimate of drug-likeness (QED) is 0.623. The lowest BCUT2D eigenvalue weighted by Crippen LogP contribution is -2.52. The Labute approximate surface area is 129 Å². The van der Waals surface area contributed by atoms with Gasteiger partial charge in [-0.05, 0) is 45.8 Å². The maximum Gasteiger partial charge on any atom is 0.408 e. The second kappa shape index (κ2) is 6.92. The highest BCUT2D eigenvalue weighted by Gasteiger charge is 2.40. The Morgan fingerprint density at radius 2 is 1.62 bits per heavy atom. The summed E-state index contributed by atoms with van der Waals surface area (Å²) >= 11 is 0. The summed E-state index contributed by atoms with van der Waals surface area (Å²) in [6, 6.07) is -0.714. The summed E-state index contributed by atoms with van der Waals surface area (Å²) in [6.07, 6.45) is -0.303. The SMILES string of the molecule is CC(O[Si](C)(C)C(C)(C)C)[C@H](C=O)NC(=O)OC(C)(C)C. The minimum Gasteiger partial charge on any atom is -0.444 e. The first-order valence-corrected chi connectivity index (χ1v) is 10.2. The van der Waals surface area contributed by atoms with Crippen LogP contribution in [0.4, 0.5) is 4.79 Å². The van der Waals surface area contributed by atoms with E-state index in [2.05, 4.69) is 39.2 Å². The number of rotatable bonds is 5. The van der Waals surface area contributed by atoms with E-state index in [-0.39, 0.29) is 5.04 Å². The van der Waals surface area contributed by atoms with E-state index in [1.807, 2.05) is 0 Å². The predicted octanol–water partition coefficient (Wildman–Crippen LogP) is 3.49. The molecule has 1 unspecified atom stereocenters. The van der Waals surface area contributed by atoms with Crippen LogP contribution in [0.1, 0.15) is 48.5 Å². The number of hydrogen-bond acceptors (Lipinski definition) is 4. The molecule has 0 radical (unpaired) electrons. The summed E-state index contributed by atoms with van der Waals surface area (Å²) < 4.78 is 11.3. The zero-order chi connectivity index (χ0) is 17.1. The molecule has 2 atom stereocenters. The van der Waals surface area contributed by atoms with Gasteiger partial charge < -0.3 is 19.3 Å². The van der Waals surface area contributed by atoms with Gasteiger partial charge in [0.25, 0.3) is 0 Å². The van der Waals surface area contributed by atoms with E-state index < -0.39 is 32.2 Å². The fourth-order valence-corrected chi connectivity index (χ4v) is 2.85. The van der Waals surface area contributed by atoms with Crippen molar-refractivity contribution in [2.24, 2.45) is 0 Å². The molecule has 124 valence electrons. The number of amides is 1. The largest absolute Gasteiger partial charge is 0.444 e. The van der Waals surface area contributed by atoms with E-state index in [4.69, 9.17) is 9.16 Å². The second-order valence-corrected chi connectivity index (χ2v) is 12.6. The standard InChI is InChI=1S/C15H31NO4Si/c1-11(20-21(8,9)15(5,6)7)12(10-17)16-13(18)19-14(2,3)4/h10-12H,1-9H3,(H,16,18)/t11?,12-/m0/s1. The van der Waals surface area contributed by atoms with Crippen LogP contribution in [0.15, 0.2) is 0 Å². The Morgan fingerprint density at radius 1 is 1.14 bits per heavy atom. The molecule has 0 aromatic rings. The van der Waals surface area contributed by atoms with Gasteiger partial charge in [-0.15, -0.1) is 0 Å². The molecule has 0 aromatic carbocycles. The van der Waals surface area contributed by atoms with Gasteiger partial charge in [0.2, 0.25) is 0 Å². The molecule has 0 aliphatic heterocycles. The van der Waals surface area contributed by atoms with Gasteiger partial charge in [0.05, 0.1) is 6.10 Å². The Hall–Kier alpha value is -0.883. The number of hydrogen-bond donors (Lipinski definition) is 1. The Morgan fingerprint density at radius 3 is 1.95 bits per heavy atom. The number of alkyl carbamates (subject to hydrolysis) is 1. The summed E-state index contributed by atoms with van der Waals surface area (Å²) in [5.41, 5.74) is -0.596. The van der Waals surface area contributed by atoms with Crippen molar-refractivity contribution in [3.8, 4) is 0 Å². The summed E-state index contributed by atoms with van der Waals surface area (Å²) in [6.45, 7) is 17.7. The van der Waals surface area contributed by atoms with Gasteiger partial charge in [0.1, 0.15) is 17.9 Å². The van der Waals surface area contributed by atoms with Crippen molar-refractivity contribution < 1.29 is 18.8 Å². The normalized spacial score (nSPS) is 16.0.